The Morgan fingerprint density at radius 3 is 2.47 bits per heavy atom. The minimum Gasteiger partial charge on any atom is -0.427 e. The van der Waals surface area contributed by atoms with Crippen molar-refractivity contribution in [3.63, 3.8) is 0 Å². The number of rotatable bonds is 5. The van der Waals surface area contributed by atoms with Crippen molar-refractivity contribution in [1.29, 1.82) is 0 Å². The van der Waals surface area contributed by atoms with Gasteiger partial charge in [-0.05, 0) is 64.4 Å². The molecule has 2 aromatic rings. The van der Waals surface area contributed by atoms with Crippen LogP contribution in [-0.2, 0) is 6.54 Å². The standard InChI is InChI=1S/C20H26N4O4.2ClH/c1-12-10-16(15-4-6-21-7-5-15)28-19(26)17(12)18(25)22-8-9-24-14(3)11-13(2)23-20(24)27;;/h10-11,15,21H,4-9H2,1-3H3,(H,22,25);2*1H. The molecule has 0 atom stereocenters. The summed E-state index contributed by atoms with van der Waals surface area (Å²) in [6.45, 7) is 7.59. The summed E-state index contributed by atoms with van der Waals surface area (Å²) in [6.07, 6.45) is 1.82. The average molecular weight is 459 g/mol. The van der Waals surface area contributed by atoms with Gasteiger partial charge in [-0.25, -0.2) is 9.59 Å². The molecule has 0 aromatic carbocycles. The maximum Gasteiger partial charge on any atom is 0.349 e. The van der Waals surface area contributed by atoms with Gasteiger partial charge in [0, 0.05) is 30.4 Å². The van der Waals surface area contributed by atoms with Crippen LogP contribution >= 0.6 is 24.8 Å². The van der Waals surface area contributed by atoms with E-state index in [-0.39, 0.29) is 55.1 Å². The highest BCUT2D eigenvalue weighted by atomic mass is 35.5. The number of halogens is 2. The predicted octanol–water partition coefficient (Wildman–Crippen LogP) is 1.86. The summed E-state index contributed by atoms with van der Waals surface area (Å²) in [5, 5.41) is 5.98. The van der Waals surface area contributed by atoms with Crippen molar-refractivity contribution in [1.82, 2.24) is 20.2 Å². The van der Waals surface area contributed by atoms with Crippen LogP contribution in [0.3, 0.4) is 0 Å². The van der Waals surface area contributed by atoms with E-state index in [1.807, 2.05) is 13.0 Å². The molecular formula is C20H28Cl2N4O4. The molecule has 3 heterocycles. The van der Waals surface area contributed by atoms with Crippen LogP contribution in [0.25, 0.3) is 0 Å². The van der Waals surface area contributed by atoms with Gasteiger partial charge in [-0.3, -0.25) is 9.36 Å². The molecular weight excluding hydrogens is 431 g/mol. The Morgan fingerprint density at radius 1 is 1.20 bits per heavy atom. The molecule has 2 aromatic heterocycles. The first-order chi connectivity index (χ1) is 13.4. The Bertz CT molecular complexity index is 997. The van der Waals surface area contributed by atoms with Gasteiger partial charge in [-0.2, -0.15) is 4.98 Å². The van der Waals surface area contributed by atoms with E-state index in [0.717, 1.165) is 31.6 Å². The first-order valence-corrected chi connectivity index (χ1v) is 9.55. The molecule has 0 radical (unpaired) electrons. The molecule has 1 aliphatic heterocycles. The molecule has 0 saturated carbocycles. The first kappa shape index (κ1) is 25.9. The van der Waals surface area contributed by atoms with E-state index < -0.39 is 11.5 Å². The van der Waals surface area contributed by atoms with Crippen molar-refractivity contribution in [2.45, 2.75) is 46.1 Å². The van der Waals surface area contributed by atoms with Crippen LogP contribution in [0.4, 0.5) is 0 Å². The highest BCUT2D eigenvalue weighted by Gasteiger charge is 2.22. The number of aromatic nitrogens is 2. The number of nitrogens with one attached hydrogen (secondary N) is 2. The van der Waals surface area contributed by atoms with Gasteiger partial charge < -0.3 is 15.1 Å². The smallest absolute Gasteiger partial charge is 0.349 e. The minimum absolute atomic E-state index is 0. The average Bonchev–Trinajstić information content (AvgIpc) is 2.64. The van der Waals surface area contributed by atoms with Crippen molar-refractivity contribution in [3.05, 3.63) is 61.3 Å². The van der Waals surface area contributed by atoms with Crippen LogP contribution in [-0.4, -0.2) is 35.1 Å². The fraction of sp³-hybridized carbons (Fsp3) is 0.500. The quantitative estimate of drug-likeness (QED) is 0.707. The summed E-state index contributed by atoms with van der Waals surface area (Å²) >= 11 is 0. The van der Waals surface area contributed by atoms with Crippen LogP contribution in [0.5, 0.6) is 0 Å². The third kappa shape index (κ3) is 5.93. The molecule has 8 nitrogen and oxygen atoms in total. The SMILES string of the molecule is Cc1cc(C)n(CCNC(=O)c2c(C)cc(C3CCNCC3)oc2=O)c(=O)n1.Cl.Cl. The summed E-state index contributed by atoms with van der Waals surface area (Å²) < 4.78 is 6.95. The largest absolute Gasteiger partial charge is 0.427 e. The highest BCUT2D eigenvalue weighted by molar-refractivity contribution is 5.95. The van der Waals surface area contributed by atoms with E-state index in [4.69, 9.17) is 4.42 Å². The van der Waals surface area contributed by atoms with Crippen molar-refractivity contribution in [2.24, 2.45) is 0 Å². The number of hydrogen-bond donors (Lipinski definition) is 2. The van der Waals surface area contributed by atoms with Gasteiger partial charge in [-0.1, -0.05) is 0 Å². The van der Waals surface area contributed by atoms with Crippen LogP contribution < -0.4 is 21.9 Å². The zero-order valence-electron chi connectivity index (χ0n) is 17.3. The Balaban J connectivity index is 0.00000225. The maximum absolute atomic E-state index is 12.5. The number of carbonyl (C=O) groups is 1. The van der Waals surface area contributed by atoms with E-state index in [1.54, 1.807) is 19.9 Å². The molecule has 1 aliphatic rings. The number of aryl methyl sites for hydroxylation is 3. The lowest BCUT2D eigenvalue weighted by Gasteiger charge is -2.22. The van der Waals surface area contributed by atoms with Gasteiger partial charge in [0.1, 0.15) is 11.3 Å². The van der Waals surface area contributed by atoms with Crippen LogP contribution in [0.1, 0.15) is 51.8 Å². The van der Waals surface area contributed by atoms with Crippen molar-refractivity contribution < 1.29 is 9.21 Å². The number of hydrogen-bond acceptors (Lipinski definition) is 6. The monoisotopic (exact) mass is 458 g/mol. The molecule has 2 N–H and O–H groups in total. The molecule has 0 spiro atoms. The number of carbonyl (C=O) groups excluding carboxylic acids is 1. The fourth-order valence-electron chi connectivity index (χ4n) is 3.63. The summed E-state index contributed by atoms with van der Waals surface area (Å²) in [4.78, 5) is 40.8. The molecule has 1 saturated heterocycles. The molecule has 10 heteroatoms. The second-order valence-electron chi connectivity index (χ2n) is 7.25. The van der Waals surface area contributed by atoms with E-state index in [9.17, 15) is 14.4 Å². The van der Waals surface area contributed by atoms with Crippen LogP contribution in [0.2, 0.25) is 0 Å². The van der Waals surface area contributed by atoms with Gasteiger partial charge in [-0.15, -0.1) is 24.8 Å². The molecule has 3 rings (SSSR count). The summed E-state index contributed by atoms with van der Waals surface area (Å²) in [5.74, 6) is 0.357. The van der Waals surface area contributed by atoms with Gasteiger partial charge in [0.25, 0.3) is 5.91 Å². The van der Waals surface area contributed by atoms with E-state index >= 15 is 0 Å². The molecule has 0 unspecified atom stereocenters. The van der Waals surface area contributed by atoms with E-state index in [1.165, 1.54) is 4.57 Å². The van der Waals surface area contributed by atoms with E-state index in [0.29, 0.717) is 17.0 Å². The zero-order chi connectivity index (χ0) is 20.3. The second kappa shape index (κ2) is 11.3. The first-order valence-electron chi connectivity index (χ1n) is 9.55. The Morgan fingerprint density at radius 2 is 1.87 bits per heavy atom. The van der Waals surface area contributed by atoms with Crippen molar-refractivity contribution >= 4 is 30.7 Å². The van der Waals surface area contributed by atoms with Crippen molar-refractivity contribution in [2.75, 3.05) is 19.6 Å². The molecule has 0 aliphatic carbocycles. The van der Waals surface area contributed by atoms with Gasteiger partial charge in [0.2, 0.25) is 0 Å². The molecule has 0 bridgehead atoms. The molecule has 1 amide bonds. The highest BCUT2D eigenvalue weighted by Crippen LogP contribution is 2.25. The van der Waals surface area contributed by atoms with Gasteiger partial charge in [0.05, 0.1) is 0 Å². The molecule has 166 valence electrons. The van der Waals surface area contributed by atoms with Crippen LogP contribution in [0.15, 0.2) is 26.1 Å². The minimum atomic E-state index is -0.614. The number of amides is 1. The predicted molar refractivity (Wildman–Crippen MR) is 119 cm³/mol. The molecule has 1 fully saturated rings. The molecule has 30 heavy (non-hydrogen) atoms. The van der Waals surface area contributed by atoms with E-state index in [2.05, 4.69) is 15.6 Å². The van der Waals surface area contributed by atoms with Crippen molar-refractivity contribution in [3.8, 4) is 0 Å². The summed E-state index contributed by atoms with van der Waals surface area (Å²) in [5.41, 5.74) is 1.08. The second-order valence-corrected chi connectivity index (χ2v) is 7.25. The maximum atomic E-state index is 12.5. The lowest BCUT2D eigenvalue weighted by Crippen LogP contribution is -2.35. The lowest BCUT2D eigenvalue weighted by atomic mass is 9.94. The summed E-state index contributed by atoms with van der Waals surface area (Å²) in [7, 11) is 0. The van der Waals surface area contributed by atoms with Gasteiger partial charge in [0.15, 0.2) is 0 Å². The third-order valence-electron chi connectivity index (χ3n) is 5.10. The Labute approximate surface area is 187 Å². The summed E-state index contributed by atoms with van der Waals surface area (Å²) in [6, 6.07) is 3.60. The lowest BCUT2D eigenvalue weighted by molar-refractivity contribution is 0.0946. The normalized spacial score (nSPS) is 13.8. The van der Waals surface area contributed by atoms with Crippen LogP contribution in [0, 0.1) is 20.8 Å². The van der Waals surface area contributed by atoms with Gasteiger partial charge >= 0.3 is 11.3 Å². The topological polar surface area (TPSA) is 106 Å². The zero-order valence-corrected chi connectivity index (χ0v) is 19.0. The number of piperidine rings is 1. The number of nitrogens with zero attached hydrogens (tertiary/aromatic N) is 2. The fourth-order valence-corrected chi connectivity index (χ4v) is 3.63. The Hall–Kier alpha value is -2.16. The third-order valence-corrected chi connectivity index (χ3v) is 5.10. The Kier molecular flexibility index (Phi) is 9.74.